The zero-order chi connectivity index (χ0) is 19.8. The van der Waals surface area contributed by atoms with E-state index < -0.39 is 5.97 Å². The molecule has 0 radical (unpaired) electrons. The van der Waals surface area contributed by atoms with E-state index in [4.69, 9.17) is 16.3 Å². The molecule has 0 saturated heterocycles. The van der Waals surface area contributed by atoms with Crippen LogP contribution in [0.4, 0.5) is 5.69 Å². The highest BCUT2D eigenvalue weighted by atomic mass is 35.5. The number of rotatable bonds is 7. The van der Waals surface area contributed by atoms with Gasteiger partial charge in [0, 0.05) is 24.2 Å². The molecule has 0 spiro atoms. The van der Waals surface area contributed by atoms with Crippen molar-refractivity contribution in [2.75, 3.05) is 18.1 Å². The normalized spacial score (nSPS) is 10.2. The van der Waals surface area contributed by atoms with Crippen molar-refractivity contribution in [3.05, 3.63) is 64.7 Å². The standard InChI is InChI=1S/C20H21ClN2O4/c1-3-27-20(26)15-8-10-17(11-9-15)23(14(2)24)13-19(25)22-12-16-6-4-5-7-18(16)21/h4-11H,3,12-13H2,1-2H3,(H,22,25). The topological polar surface area (TPSA) is 75.7 Å². The molecule has 0 fully saturated rings. The number of hydrogen-bond acceptors (Lipinski definition) is 4. The van der Waals surface area contributed by atoms with E-state index >= 15 is 0 Å². The van der Waals surface area contributed by atoms with Crippen LogP contribution in [-0.4, -0.2) is 30.9 Å². The van der Waals surface area contributed by atoms with Gasteiger partial charge in [-0.3, -0.25) is 9.59 Å². The first kappa shape index (κ1) is 20.5. The van der Waals surface area contributed by atoms with Gasteiger partial charge in [0.25, 0.3) is 0 Å². The highest BCUT2D eigenvalue weighted by Gasteiger charge is 2.17. The van der Waals surface area contributed by atoms with E-state index in [1.165, 1.54) is 11.8 Å². The Kier molecular flexibility index (Phi) is 7.37. The third kappa shape index (κ3) is 5.82. The van der Waals surface area contributed by atoms with Crippen molar-refractivity contribution >= 4 is 35.1 Å². The molecule has 0 aromatic heterocycles. The van der Waals surface area contributed by atoms with Crippen LogP contribution >= 0.6 is 11.6 Å². The van der Waals surface area contributed by atoms with Crippen LogP contribution < -0.4 is 10.2 Å². The Bertz CT molecular complexity index is 821. The largest absolute Gasteiger partial charge is 0.462 e. The second-order valence-corrected chi connectivity index (χ2v) is 6.15. The number of esters is 1. The van der Waals surface area contributed by atoms with Crippen molar-refractivity contribution in [2.24, 2.45) is 0 Å². The molecule has 0 saturated carbocycles. The molecule has 0 aliphatic carbocycles. The summed E-state index contributed by atoms with van der Waals surface area (Å²) in [5.41, 5.74) is 1.69. The van der Waals surface area contributed by atoms with Crippen LogP contribution in [-0.2, 0) is 20.9 Å². The molecule has 142 valence electrons. The second-order valence-electron chi connectivity index (χ2n) is 5.74. The van der Waals surface area contributed by atoms with Crippen molar-refractivity contribution in [2.45, 2.75) is 20.4 Å². The Labute approximate surface area is 163 Å². The highest BCUT2D eigenvalue weighted by molar-refractivity contribution is 6.31. The van der Waals surface area contributed by atoms with Crippen molar-refractivity contribution in [1.29, 1.82) is 0 Å². The number of carbonyl (C=O) groups is 3. The third-order valence-corrected chi connectivity index (χ3v) is 4.17. The summed E-state index contributed by atoms with van der Waals surface area (Å²) in [5.74, 6) is -1.04. The van der Waals surface area contributed by atoms with Gasteiger partial charge in [-0.1, -0.05) is 29.8 Å². The lowest BCUT2D eigenvalue weighted by Gasteiger charge is -2.21. The van der Waals surface area contributed by atoms with Crippen LogP contribution in [0, 0.1) is 0 Å². The number of nitrogens with zero attached hydrogens (tertiary/aromatic N) is 1. The van der Waals surface area contributed by atoms with Gasteiger partial charge in [0.05, 0.1) is 12.2 Å². The summed E-state index contributed by atoms with van der Waals surface area (Å²) < 4.78 is 4.93. The zero-order valence-corrected chi connectivity index (χ0v) is 16.0. The molecule has 0 atom stereocenters. The fourth-order valence-corrected chi connectivity index (χ4v) is 2.61. The van der Waals surface area contributed by atoms with E-state index in [9.17, 15) is 14.4 Å². The SMILES string of the molecule is CCOC(=O)c1ccc(N(CC(=O)NCc2ccccc2Cl)C(C)=O)cc1. The number of amides is 2. The van der Waals surface area contributed by atoms with Crippen molar-refractivity contribution in [3.63, 3.8) is 0 Å². The number of hydrogen-bond donors (Lipinski definition) is 1. The summed E-state index contributed by atoms with van der Waals surface area (Å²) >= 11 is 6.07. The summed E-state index contributed by atoms with van der Waals surface area (Å²) in [5, 5.41) is 3.32. The average molecular weight is 389 g/mol. The molecule has 0 aliphatic rings. The lowest BCUT2D eigenvalue weighted by atomic mass is 10.2. The van der Waals surface area contributed by atoms with Crippen LogP contribution in [0.5, 0.6) is 0 Å². The number of benzene rings is 2. The van der Waals surface area contributed by atoms with E-state index in [0.717, 1.165) is 5.56 Å². The molecule has 2 aromatic rings. The molecular formula is C20H21ClN2O4. The minimum atomic E-state index is -0.434. The molecule has 2 aromatic carbocycles. The summed E-state index contributed by atoms with van der Waals surface area (Å²) in [6, 6.07) is 13.5. The minimum Gasteiger partial charge on any atom is -0.462 e. The van der Waals surface area contributed by atoms with Crippen LogP contribution in [0.2, 0.25) is 5.02 Å². The van der Waals surface area contributed by atoms with E-state index in [2.05, 4.69) is 5.32 Å². The third-order valence-electron chi connectivity index (χ3n) is 3.81. The van der Waals surface area contributed by atoms with Gasteiger partial charge in [-0.05, 0) is 42.8 Å². The van der Waals surface area contributed by atoms with Gasteiger partial charge >= 0.3 is 5.97 Å². The molecule has 0 heterocycles. The molecule has 1 N–H and O–H groups in total. The maximum Gasteiger partial charge on any atom is 0.338 e. The number of nitrogens with one attached hydrogen (secondary N) is 1. The fourth-order valence-electron chi connectivity index (χ4n) is 2.41. The van der Waals surface area contributed by atoms with Crippen LogP contribution in [0.15, 0.2) is 48.5 Å². The zero-order valence-electron chi connectivity index (χ0n) is 15.2. The van der Waals surface area contributed by atoms with Gasteiger partial charge in [0.15, 0.2) is 0 Å². The Morgan fingerprint density at radius 2 is 1.74 bits per heavy atom. The van der Waals surface area contributed by atoms with E-state index in [1.807, 2.05) is 18.2 Å². The number of halogens is 1. The predicted octanol–water partition coefficient (Wildman–Crippen LogP) is 3.19. The maximum absolute atomic E-state index is 12.3. The Hall–Kier alpha value is -2.86. The quantitative estimate of drug-likeness (QED) is 0.739. The number of carbonyl (C=O) groups excluding carboxylic acids is 3. The molecular weight excluding hydrogens is 368 g/mol. The number of ether oxygens (including phenoxy) is 1. The van der Waals surface area contributed by atoms with Crippen molar-refractivity contribution < 1.29 is 19.1 Å². The average Bonchev–Trinajstić information content (AvgIpc) is 2.65. The first-order valence-electron chi connectivity index (χ1n) is 8.47. The Morgan fingerprint density at radius 1 is 1.07 bits per heavy atom. The molecule has 6 nitrogen and oxygen atoms in total. The summed E-state index contributed by atoms with van der Waals surface area (Å²) in [4.78, 5) is 37.3. The second kappa shape index (κ2) is 9.73. The molecule has 7 heteroatoms. The first-order chi connectivity index (χ1) is 12.9. The lowest BCUT2D eigenvalue weighted by molar-refractivity contribution is -0.123. The predicted molar refractivity (Wildman–Crippen MR) is 104 cm³/mol. The maximum atomic E-state index is 12.3. The highest BCUT2D eigenvalue weighted by Crippen LogP contribution is 2.17. The molecule has 0 unspecified atom stereocenters. The summed E-state index contributed by atoms with van der Waals surface area (Å²) in [7, 11) is 0. The Morgan fingerprint density at radius 3 is 2.33 bits per heavy atom. The van der Waals surface area contributed by atoms with Crippen molar-refractivity contribution in [1.82, 2.24) is 5.32 Å². The molecule has 0 aliphatic heterocycles. The molecule has 27 heavy (non-hydrogen) atoms. The van der Waals surface area contributed by atoms with E-state index in [0.29, 0.717) is 16.3 Å². The fraction of sp³-hybridized carbons (Fsp3) is 0.250. The van der Waals surface area contributed by atoms with Crippen molar-refractivity contribution in [3.8, 4) is 0 Å². The van der Waals surface area contributed by atoms with E-state index in [1.54, 1.807) is 37.3 Å². The van der Waals surface area contributed by atoms with Crippen LogP contribution in [0.25, 0.3) is 0 Å². The van der Waals surface area contributed by atoms with Gasteiger partial charge in [0.1, 0.15) is 6.54 Å². The van der Waals surface area contributed by atoms with Gasteiger partial charge < -0.3 is 15.0 Å². The van der Waals surface area contributed by atoms with Gasteiger partial charge in [0.2, 0.25) is 11.8 Å². The van der Waals surface area contributed by atoms with Gasteiger partial charge in [-0.2, -0.15) is 0 Å². The minimum absolute atomic E-state index is 0.140. The van der Waals surface area contributed by atoms with Gasteiger partial charge in [-0.15, -0.1) is 0 Å². The monoisotopic (exact) mass is 388 g/mol. The molecule has 0 bridgehead atoms. The van der Waals surface area contributed by atoms with Crippen LogP contribution in [0.3, 0.4) is 0 Å². The Balaban J connectivity index is 2.02. The summed E-state index contributed by atoms with van der Waals surface area (Å²) in [6.45, 7) is 3.52. The van der Waals surface area contributed by atoms with E-state index in [-0.39, 0.29) is 31.5 Å². The smallest absolute Gasteiger partial charge is 0.338 e. The molecule has 2 rings (SSSR count). The molecule has 2 amide bonds. The summed E-state index contributed by atoms with van der Waals surface area (Å²) in [6.07, 6.45) is 0. The van der Waals surface area contributed by atoms with Crippen LogP contribution in [0.1, 0.15) is 29.8 Å². The lowest BCUT2D eigenvalue weighted by Crippen LogP contribution is -2.39. The van der Waals surface area contributed by atoms with Gasteiger partial charge in [-0.25, -0.2) is 4.79 Å². The number of anilines is 1. The first-order valence-corrected chi connectivity index (χ1v) is 8.85.